The molecule has 1 saturated heterocycles. The molecule has 5 fully saturated rings. The van der Waals surface area contributed by atoms with Gasteiger partial charge in [-0.15, -0.1) is 0 Å². The van der Waals surface area contributed by atoms with Crippen molar-refractivity contribution >= 4 is 5.91 Å². The maximum absolute atomic E-state index is 12.7. The Morgan fingerprint density at radius 2 is 1.64 bits per heavy atom. The van der Waals surface area contributed by atoms with Gasteiger partial charge in [0.25, 0.3) is 0 Å². The molecule has 1 N–H and O–H groups in total. The van der Waals surface area contributed by atoms with Crippen LogP contribution < -0.4 is 5.32 Å². The van der Waals surface area contributed by atoms with Gasteiger partial charge in [0.1, 0.15) is 6.04 Å². The SMILES string of the molecule is O=C(CN1CCC1C(F)(F)F)NC1C2CC3CC(C2)CC1C3. The predicted octanol–water partition coefficient (Wildman–Crippen LogP) is 2.56. The molecule has 0 aromatic carbocycles. The van der Waals surface area contributed by atoms with Crippen LogP contribution in [-0.2, 0) is 4.79 Å². The van der Waals surface area contributed by atoms with E-state index in [2.05, 4.69) is 5.32 Å². The zero-order valence-electron chi connectivity index (χ0n) is 12.6. The third-order valence-corrected chi connectivity index (χ3v) is 6.41. The summed E-state index contributed by atoms with van der Waals surface area (Å²) in [6.45, 7) is 0.270. The largest absolute Gasteiger partial charge is 0.404 e. The highest BCUT2D eigenvalue weighted by Gasteiger charge is 2.50. The normalized spacial score (nSPS) is 44.0. The average molecular weight is 316 g/mol. The fourth-order valence-corrected chi connectivity index (χ4v) is 5.58. The summed E-state index contributed by atoms with van der Waals surface area (Å²) < 4.78 is 38.2. The van der Waals surface area contributed by atoms with Gasteiger partial charge in [0.15, 0.2) is 0 Å². The van der Waals surface area contributed by atoms with E-state index in [0.29, 0.717) is 18.4 Å². The molecule has 0 radical (unpaired) electrons. The van der Waals surface area contributed by atoms with Crippen molar-refractivity contribution in [2.24, 2.45) is 23.7 Å². The highest BCUT2D eigenvalue weighted by atomic mass is 19.4. The molecule has 5 rings (SSSR count). The van der Waals surface area contributed by atoms with Crippen molar-refractivity contribution in [2.75, 3.05) is 13.1 Å². The summed E-state index contributed by atoms with van der Waals surface area (Å²) in [6.07, 6.45) is 2.07. The van der Waals surface area contributed by atoms with Crippen molar-refractivity contribution in [1.82, 2.24) is 10.2 Å². The van der Waals surface area contributed by atoms with Gasteiger partial charge < -0.3 is 5.32 Å². The van der Waals surface area contributed by atoms with Crippen molar-refractivity contribution in [1.29, 1.82) is 0 Å². The summed E-state index contributed by atoms with van der Waals surface area (Å²) in [4.78, 5) is 13.4. The zero-order chi connectivity index (χ0) is 15.5. The van der Waals surface area contributed by atoms with Gasteiger partial charge in [0.2, 0.25) is 5.91 Å². The van der Waals surface area contributed by atoms with Gasteiger partial charge in [-0.3, -0.25) is 9.69 Å². The van der Waals surface area contributed by atoms with E-state index in [0.717, 1.165) is 11.8 Å². The lowest BCUT2D eigenvalue weighted by Gasteiger charge is -2.54. The first kappa shape index (κ1) is 14.8. The van der Waals surface area contributed by atoms with Crippen LogP contribution in [0.15, 0.2) is 0 Å². The molecule has 1 atom stereocenters. The number of carbonyl (C=O) groups excluding carboxylic acids is 1. The number of hydrogen-bond donors (Lipinski definition) is 1. The second-order valence-corrected chi connectivity index (χ2v) is 7.84. The molecule has 1 aliphatic heterocycles. The van der Waals surface area contributed by atoms with Crippen LogP contribution in [0.2, 0.25) is 0 Å². The number of nitrogens with zero attached hydrogens (tertiary/aromatic N) is 1. The molecule has 4 bridgehead atoms. The number of halogens is 3. The molecule has 1 amide bonds. The van der Waals surface area contributed by atoms with Crippen LogP contribution in [0.1, 0.15) is 38.5 Å². The standard InChI is InChI=1S/C16H23F3N2O/c17-16(18,19)13-1-2-21(13)8-14(22)20-15-11-4-9-3-10(6-11)7-12(15)5-9/h9-13,15H,1-8H2,(H,20,22). The number of rotatable bonds is 3. The van der Waals surface area contributed by atoms with Crippen molar-refractivity contribution in [2.45, 2.75) is 56.8 Å². The number of nitrogens with one attached hydrogen (secondary N) is 1. The summed E-state index contributed by atoms with van der Waals surface area (Å²) >= 11 is 0. The van der Waals surface area contributed by atoms with Gasteiger partial charge in [-0.25, -0.2) is 0 Å². The molecule has 4 saturated carbocycles. The third-order valence-electron chi connectivity index (χ3n) is 6.41. The summed E-state index contributed by atoms with van der Waals surface area (Å²) in [6, 6.07) is -1.21. The fourth-order valence-electron chi connectivity index (χ4n) is 5.58. The minimum Gasteiger partial charge on any atom is -0.352 e. The Kier molecular flexibility index (Phi) is 3.44. The first-order chi connectivity index (χ1) is 10.4. The Balaban J connectivity index is 1.33. The Labute approximate surface area is 128 Å². The molecule has 22 heavy (non-hydrogen) atoms. The average Bonchev–Trinajstić information content (AvgIpc) is 2.36. The summed E-state index contributed by atoms with van der Waals surface area (Å²) in [5.41, 5.74) is 0. The van der Waals surface area contributed by atoms with Gasteiger partial charge in [0, 0.05) is 12.6 Å². The molecule has 4 aliphatic carbocycles. The maximum atomic E-state index is 12.7. The van der Waals surface area contributed by atoms with Crippen LogP contribution >= 0.6 is 0 Å². The van der Waals surface area contributed by atoms with E-state index in [4.69, 9.17) is 0 Å². The van der Waals surface area contributed by atoms with Crippen LogP contribution in [0.3, 0.4) is 0 Å². The Morgan fingerprint density at radius 3 is 2.09 bits per heavy atom. The van der Waals surface area contributed by atoms with Crippen molar-refractivity contribution in [3.63, 3.8) is 0 Å². The highest BCUT2D eigenvalue weighted by Crippen LogP contribution is 2.53. The van der Waals surface area contributed by atoms with E-state index in [1.807, 2.05) is 0 Å². The van der Waals surface area contributed by atoms with Gasteiger partial charge in [-0.1, -0.05) is 0 Å². The Hall–Kier alpha value is -0.780. The molecular weight excluding hydrogens is 293 g/mol. The van der Waals surface area contributed by atoms with Crippen LogP contribution in [0.4, 0.5) is 13.2 Å². The van der Waals surface area contributed by atoms with Crippen LogP contribution in [-0.4, -0.2) is 42.2 Å². The molecule has 6 heteroatoms. The van der Waals surface area contributed by atoms with E-state index >= 15 is 0 Å². The van der Waals surface area contributed by atoms with Gasteiger partial charge in [0.05, 0.1) is 6.54 Å². The highest BCUT2D eigenvalue weighted by molar-refractivity contribution is 5.78. The Bertz CT molecular complexity index is 437. The minimum absolute atomic E-state index is 0.104. The second kappa shape index (κ2) is 5.11. The van der Waals surface area contributed by atoms with E-state index < -0.39 is 12.2 Å². The Morgan fingerprint density at radius 1 is 1.05 bits per heavy atom. The fraction of sp³-hybridized carbons (Fsp3) is 0.938. The van der Waals surface area contributed by atoms with E-state index in [9.17, 15) is 18.0 Å². The van der Waals surface area contributed by atoms with Crippen molar-refractivity contribution in [3.05, 3.63) is 0 Å². The zero-order valence-corrected chi connectivity index (χ0v) is 12.6. The van der Waals surface area contributed by atoms with Gasteiger partial charge in [-0.05, 0) is 62.2 Å². The lowest BCUT2D eigenvalue weighted by atomic mass is 9.54. The molecule has 1 unspecified atom stereocenters. The van der Waals surface area contributed by atoms with Gasteiger partial charge in [-0.2, -0.15) is 13.2 Å². The van der Waals surface area contributed by atoms with Crippen LogP contribution in [0, 0.1) is 23.7 Å². The smallest absolute Gasteiger partial charge is 0.352 e. The summed E-state index contributed by atoms with van der Waals surface area (Å²) in [5.74, 6) is 2.58. The third kappa shape index (κ3) is 2.53. The maximum Gasteiger partial charge on any atom is 0.404 e. The topological polar surface area (TPSA) is 32.3 Å². The molecule has 0 aromatic rings. The number of alkyl halides is 3. The van der Waals surface area contributed by atoms with E-state index in [1.54, 1.807) is 0 Å². The molecule has 5 aliphatic rings. The predicted molar refractivity (Wildman–Crippen MR) is 75.0 cm³/mol. The van der Waals surface area contributed by atoms with E-state index in [-0.39, 0.29) is 24.9 Å². The lowest BCUT2D eigenvalue weighted by Crippen LogP contribution is -2.61. The molecular formula is C16H23F3N2O. The van der Waals surface area contributed by atoms with Crippen molar-refractivity contribution in [3.8, 4) is 0 Å². The second-order valence-electron chi connectivity index (χ2n) is 7.84. The van der Waals surface area contributed by atoms with E-state index in [1.165, 1.54) is 37.0 Å². The number of hydrogen-bond acceptors (Lipinski definition) is 2. The first-order valence-corrected chi connectivity index (χ1v) is 8.50. The van der Waals surface area contributed by atoms with Crippen LogP contribution in [0.25, 0.3) is 0 Å². The monoisotopic (exact) mass is 316 g/mol. The van der Waals surface area contributed by atoms with Crippen molar-refractivity contribution < 1.29 is 18.0 Å². The molecule has 0 aromatic heterocycles. The minimum atomic E-state index is -4.21. The molecule has 0 spiro atoms. The number of carbonyl (C=O) groups is 1. The summed E-state index contributed by atoms with van der Waals surface area (Å²) in [7, 11) is 0. The number of likely N-dealkylation sites (tertiary alicyclic amines) is 1. The molecule has 124 valence electrons. The first-order valence-electron chi connectivity index (χ1n) is 8.50. The quantitative estimate of drug-likeness (QED) is 0.868. The molecule has 3 nitrogen and oxygen atoms in total. The van der Waals surface area contributed by atoms with Gasteiger partial charge >= 0.3 is 6.18 Å². The number of amides is 1. The lowest BCUT2D eigenvalue weighted by molar-refractivity contribution is -0.210. The molecule has 1 heterocycles. The van der Waals surface area contributed by atoms with Crippen LogP contribution in [0.5, 0.6) is 0 Å². The summed E-state index contributed by atoms with van der Waals surface area (Å²) in [5, 5.41) is 3.09.